The molecule has 1 unspecified atom stereocenters. The van der Waals surface area contributed by atoms with Gasteiger partial charge in [-0.2, -0.15) is 0 Å². The van der Waals surface area contributed by atoms with Gasteiger partial charge in [0.15, 0.2) is 0 Å². The van der Waals surface area contributed by atoms with E-state index in [1.807, 2.05) is 20.8 Å². The third-order valence-electron chi connectivity index (χ3n) is 3.89. The topological polar surface area (TPSA) is 40.5 Å². The van der Waals surface area contributed by atoms with Crippen molar-refractivity contribution < 1.29 is 9.90 Å². The number of likely N-dealkylation sites (tertiary alicyclic amines) is 1. The van der Waals surface area contributed by atoms with Crippen molar-refractivity contribution >= 4 is 5.78 Å². The zero-order valence-corrected chi connectivity index (χ0v) is 11.0. The van der Waals surface area contributed by atoms with Gasteiger partial charge in [-0.3, -0.25) is 4.79 Å². The minimum Gasteiger partial charge on any atom is -0.393 e. The van der Waals surface area contributed by atoms with Gasteiger partial charge >= 0.3 is 0 Å². The Balaban J connectivity index is 2.40. The number of rotatable bonds is 4. The SMILES string of the molecule is CC(=O)C(C)(C)CN1CCC(C(C)O)CC1. The molecule has 1 fully saturated rings. The van der Waals surface area contributed by atoms with Crippen LogP contribution in [0.15, 0.2) is 0 Å². The number of aliphatic hydroxyl groups is 1. The predicted octanol–water partition coefficient (Wildman–Crippen LogP) is 1.69. The second-order valence-corrected chi connectivity index (χ2v) is 5.79. The van der Waals surface area contributed by atoms with Crippen molar-refractivity contribution in [3.05, 3.63) is 0 Å². The lowest BCUT2D eigenvalue weighted by molar-refractivity contribution is -0.126. The largest absolute Gasteiger partial charge is 0.393 e. The Hall–Kier alpha value is -0.410. The fourth-order valence-electron chi connectivity index (χ4n) is 2.26. The molecule has 0 aromatic carbocycles. The molecule has 0 bridgehead atoms. The minimum atomic E-state index is -0.238. The lowest BCUT2D eigenvalue weighted by atomic mass is 9.86. The van der Waals surface area contributed by atoms with Gasteiger partial charge in [0.05, 0.1) is 6.10 Å². The van der Waals surface area contributed by atoms with Crippen LogP contribution in [0.5, 0.6) is 0 Å². The van der Waals surface area contributed by atoms with Crippen LogP contribution in [0.3, 0.4) is 0 Å². The Kier molecular flexibility index (Phi) is 4.51. The highest BCUT2D eigenvalue weighted by Crippen LogP contribution is 2.24. The maximum absolute atomic E-state index is 11.4. The minimum absolute atomic E-state index is 0.192. The first-order valence-corrected chi connectivity index (χ1v) is 6.24. The van der Waals surface area contributed by atoms with E-state index >= 15 is 0 Å². The summed E-state index contributed by atoms with van der Waals surface area (Å²) in [6, 6.07) is 0. The maximum atomic E-state index is 11.4. The molecule has 1 heterocycles. The Morgan fingerprint density at radius 3 is 2.31 bits per heavy atom. The molecule has 1 aliphatic rings. The van der Waals surface area contributed by atoms with E-state index in [0.717, 1.165) is 32.5 Å². The smallest absolute Gasteiger partial charge is 0.136 e. The first-order valence-electron chi connectivity index (χ1n) is 6.24. The van der Waals surface area contributed by atoms with E-state index in [2.05, 4.69) is 4.90 Å². The van der Waals surface area contributed by atoms with Gasteiger partial charge in [0.1, 0.15) is 5.78 Å². The second kappa shape index (κ2) is 5.28. The van der Waals surface area contributed by atoms with Gasteiger partial charge in [-0.1, -0.05) is 13.8 Å². The van der Waals surface area contributed by atoms with E-state index in [-0.39, 0.29) is 17.3 Å². The Labute approximate surface area is 98.8 Å². The molecule has 0 aliphatic carbocycles. The highest BCUT2D eigenvalue weighted by molar-refractivity contribution is 5.81. The molecule has 16 heavy (non-hydrogen) atoms. The van der Waals surface area contributed by atoms with E-state index in [4.69, 9.17) is 0 Å². The molecule has 1 aliphatic heterocycles. The van der Waals surface area contributed by atoms with Gasteiger partial charge < -0.3 is 10.0 Å². The first-order chi connectivity index (χ1) is 7.33. The molecular weight excluding hydrogens is 202 g/mol. The van der Waals surface area contributed by atoms with Crippen LogP contribution in [0.4, 0.5) is 0 Å². The average molecular weight is 227 g/mol. The molecule has 0 saturated carbocycles. The fraction of sp³-hybridized carbons (Fsp3) is 0.923. The molecule has 3 nitrogen and oxygen atoms in total. The summed E-state index contributed by atoms with van der Waals surface area (Å²) < 4.78 is 0. The van der Waals surface area contributed by atoms with E-state index in [9.17, 15) is 9.90 Å². The number of aliphatic hydroxyl groups excluding tert-OH is 1. The third kappa shape index (κ3) is 3.56. The predicted molar refractivity (Wildman–Crippen MR) is 65.3 cm³/mol. The van der Waals surface area contributed by atoms with Crippen molar-refractivity contribution in [2.45, 2.75) is 46.6 Å². The molecule has 0 radical (unpaired) electrons. The molecule has 1 N–H and O–H groups in total. The molecule has 0 spiro atoms. The normalized spacial score (nSPS) is 22.1. The van der Waals surface area contributed by atoms with Crippen molar-refractivity contribution in [2.24, 2.45) is 11.3 Å². The van der Waals surface area contributed by atoms with Crippen LogP contribution in [0.2, 0.25) is 0 Å². The molecule has 1 atom stereocenters. The fourth-order valence-corrected chi connectivity index (χ4v) is 2.26. The average Bonchev–Trinajstić information content (AvgIpc) is 2.17. The third-order valence-corrected chi connectivity index (χ3v) is 3.89. The van der Waals surface area contributed by atoms with Crippen molar-refractivity contribution in [1.29, 1.82) is 0 Å². The summed E-state index contributed by atoms with van der Waals surface area (Å²) in [5.41, 5.74) is -0.238. The number of piperidine rings is 1. The van der Waals surface area contributed by atoms with Gasteiger partial charge in [-0.15, -0.1) is 0 Å². The van der Waals surface area contributed by atoms with Crippen molar-refractivity contribution in [2.75, 3.05) is 19.6 Å². The number of hydrogen-bond acceptors (Lipinski definition) is 3. The maximum Gasteiger partial charge on any atom is 0.136 e. The Bertz CT molecular complexity index is 240. The van der Waals surface area contributed by atoms with Gasteiger partial charge in [0.25, 0.3) is 0 Å². The summed E-state index contributed by atoms with van der Waals surface area (Å²) in [5.74, 6) is 0.696. The quantitative estimate of drug-likeness (QED) is 0.794. The van der Waals surface area contributed by atoms with Crippen molar-refractivity contribution in [3.8, 4) is 0 Å². The number of ketones is 1. The number of Topliss-reactive ketones (excluding diaryl/α,β-unsaturated/α-hetero) is 1. The van der Waals surface area contributed by atoms with E-state index < -0.39 is 0 Å². The number of nitrogens with zero attached hydrogens (tertiary/aromatic N) is 1. The summed E-state index contributed by atoms with van der Waals surface area (Å²) in [4.78, 5) is 13.8. The lowest BCUT2D eigenvalue weighted by Crippen LogP contribution is -2.43. The zero-order chi connectivity index (χ0) is 12.3. The van der Waals surface area contributed by atoms with Crippen LogP contribution >= 0.6 is 0 Å². The number of carbonyl (C=O) groups excluding carboxylic acids is 1. The number of carbonyl (C=O) groups is 1. The van der Waals surface area contributed by atoms with Gasteiger partial charge in [0, 0.05) is 12.0 Å². The van der Waals surface area contributed by atoms with Gasteiger partial charge in [-0.25, -0.2) is 0 Å². The van der Waals surface area contributed by atoms with Crippen LogP contribution < -0.4 is 0 Å². The van der Waals surface area contributed by atoms with E-state index in [1.165, 1.54) is 0 Å². The molecular formula is C13H25NO2. The molecule has 0 amide bonds. The molecule has 1 saturated heterocycles. The van der Waals surface area contributed by atoms with Crippen LogP contribution in [0.25, 0.3) is 0 Å². The monoisotopic (exact) mass is 227 g/mol. The van der Waals surface area contributed by atoms with Crippen LogP contribution in [-0.4, -0.2) is 41.5 Å². The highest BCUT2D eigenvalue weighted by atomic mass is 16.3. The van der Waals surface area contributed by atoms with Crippen LogP contribution in [0, 0.1) is 11.3 Å². The van der Waals surface area contributed by atoms with Crippen molar-refractivity contribution in [3.63, 3.8) is 0 Å². The van der Waals surface area contributed by atoms with E-state index in [1.54, 1.807) is 6.92 Å². The van der Waals surface area contributed by atoms with Gasteiger partial charge in [0.2, 0.25) is 0 Å². The zero-order valence-electron chi connectivity index (χ0n) is 11.0. The molecule has 3 heteroatoms. The second-order valence-electron chi connectivity index (χ2n) is 5.79. The Morgan fingerprint density at radius 2 is 1.94 bits per heavy atom. The van der Waals surface area contributed by atoms with E-state index in [0.29, 0.717) is 5.92 Å². The lowest BCUT2D eigenvalue weighted by Gasteiger charge is -2.37. The van der Waals surface area contributed by atoms with Gasteiger partial charge in [-0.05, 0) is 45.7 Å². The number of hydrogen-bond donors (Lipinski definition) is 1. The highest BCUT2D eigenvalue weighted by Gasteiger charge is 2.29. The summed E-state index contributed by atoms with van der Waals surface area (Å²) in [6.07, 6.45) is 1.90. The summed E-state index contributed by atoms with van der Waals surface area (Å²) in [5, 5.41) is 9.51. The summed E-state index contributed by atoms with van der Waals surface area (Å²) in [6.45, 7) is 10.4. The Morgan fingerprint density at radius 1 is 1.44 bits per heavy atom. The standard InChI is InChI=1S/C13H25NO2/c1-10(15)12-5-7-14(8-6-12)9-13(3,4)11(2)16/h10,12,15H,5-9H2,1-4H3. The van der Waals surface area contributed by atoms with Crippen LogP contribution in [-0.2, 0) is 4.79 Å². The molecule has 94 valence electrons. The summed E-state index contributed by atoms with van der Waals surface area (Å²) >= 11 is 0. The van der Waals surface area contributed by atoms with Crippen LogP contribution in [0.1, 0.15) is 40.5 Å². The molecule has 1 rings (SSSR count). The summed E-state index contributed by atoms with van der Waals surface area (Å²) in [7, 11) is 0. The molecule has 0 aromatic heterocycles. The van der Waals surface area contributed by atoms with Crippen molar-refractivity contribution in [1.82, 2.24) is 4.90 Å². The first kappa shape index (κ1) is 13.7. The molecule has 0 aromatic rings.